The van der Waals surface area contributed by atoms with Crippen molar-refractivity contribution in [2.75, 3.05) is 21.0 Å². The second-order valence-electron chi connectivity index (χ2n) is 5.29. The number of fused-ring (bicyclic) bond motifs is 1. The molecular formula is C17H20O7. The molecule has 2 atom stereocenters. The highest BCUT2D eigenvalue weighted by Gasteiger charge is 2.33. The molecule has 1 aromatic carbocycles. The van der Waals surface area contributed by atoms with Crippen LogP contribution in [0.2, 0.25) is 0 Å². The van der Waals surface area contributed by atoms with Crippen molar-refractivity contribution < 1.29 is 33.6 Å². The van der Waals surface area contributed by atoms with E-state index in [2.05, 4.69) is 16.1 Å². The van der Waals surface area contributed by atoms with Crippen LogP contribution in [0, 0.1) is 11.8 Å². The van der Waals surface area contributed by atoms with Gasteiger partial charge in [-0.2, -0.15) is 0 Å². The first-order valence-corrected chi connectivity index (χ1v) is 7.37. The maximum atomic E-state index is 11.8. The number of aliphatic hydroxyl groups excluding tert-OH is 1. The quantitative estimate of drug-likeness (QED) is 0.459. The zero-order chi connectivity index (χ0) is 17.7. The summed E-state index contributed by atoms with van der Waals surface area (Å²) >= 11 is 0. The summed E-state index contributed by atoms with van der Waals surface area (Å²) in [5, 5.41) is 10.6. The van der Waals surface area contributed by atoms with E-state index in [4.69, 9.17) is 9.47 Å². The van der Waals surface area contributed by atoms with Crippen LogP contribution in [0.4, 0.5) is 0 Å². The Kier molecular flexibility index (Phi) is 5.81. The van der Waals surface area contributed by atoms with Gasteiger partial charge in [0.05, 0.1) is 20.3 Å². The van der Waals surface area contributed by atoms with Crippen molar-refractivity contribution in [2.45, 2.75) is 12.5 Å². The maximum absolute atomic E-state index is 11.8. The second-order valence-corrected chi connectivity index (χ2v) is 5.29. The van der Waals surface area contributed by atoms with Crippen LogP contribution in [-0.4, -0.2) is 38.1 Å². The predicted molar refractivity (Wildman–Crippen MR) is 83.4 cm³/mol. The van der Waals surface area contributed by atoms with E-state index in [-0.39, 0.29) is 13.2 Å². The lowest BCUT2D eigenvalue weighted by molar-refractivity contribution is -0.159. The highest BCUT2D eigenvalue weighted by Crippen LogP contribution is 2.37. The largest absolute Gasteiger partial charge is 0.468 e. The number of ether oxygens (including phenoxy) is 4. The van der Waals surface area contributed by atoms with E-state index in [1.807, 2.05) is 0 Å². The normalized spacial score (nSPS) is 14.8. The Labute approximate surface area is 139 Å². The van der Waals surface area contributed by atoms with Gasteiger partial charge in [-0.15, -0.1) is 6.58 Å². The molecule has 1 heterocycles. The van der Waals surface area contributed by atoms with E-state index in [0.29, 0.717) is 17.1 Å². The molecule has 1 aromatic rings. The molecule has 0 unspecified atom stereocenters. The van der Waals surface area contributed by atoms with Crippen LogP contribution >= 0.6 is 0 Å². The van der Waals surface area contributed by atoms with Gasteiger partial charge in [0.25, 0.3) is 0 Å². The van der Waals surface area contributed by atoms with Crippen LogP contribution in [0.15, 0.2) is 30.9 Å². The SMILES string of the molecule is C=C[C@H](CC(C(=O)OC)C(=O)OC)[C@H](O)c1ccc2c(c1)OCO2. The summed E-state index contributed by atoms with van der Waals surface area (Å²) in [6.07, 6.45) is 0.529. The zero-order valence-corrected chi connectivity index (χ0v) is 13.6. The molecule has 130 valence electrons. The third kappa shape index (κ3) is 3.68. The van der Waals surface area contributed by atoms with Gasteiger partial charge in [0, 0.05) is 5.92 Å². The first-order valence-electron chi connectivity index (χ1n) is 7.37. The Morgan fingerprint density at radius 1 is 1.25 bits per heavy atom. The van der Waals surface area contributed by atoms with Crippen molar-refractivity contribution in [1.82, 2.24) is 0 Å². The van der Waals surface area contributed by atoms with E-state index >= 15 is 0 Å². The van der Waals surface area contributed by atoms with Crippen molar-refractivity contribution >= 4 is 11.9 Å². The minimum absolute atomic E-state index is 0.0124. The van der Waals surface area contributed by atoms with Crippen molar-refractivity contribution in [1.29, 1.82) is 0 Å². The molecule has 0 radical (unpaired) electrons. The Morgan fingerprint density at radius 2 is 1.88 bits per heavy atom. The second kappa shape index (κ2) is 7.83. The highest BCUT2D eigenvalue weighted by atomic mass is 16.7. The molecule has 0 fully saturated rings. The zero-order valence-electron chi connectivity index (χ0n) is 13.6. The summed E-state index contributed by atoms with van der Waals surface area (Å²) in [4.78, 5) is 23.6. The minimum Gasteiger partial charge on any atom is -0.468 e. The molecule has 0 amide bonds. The van der Waals surface area contributed by atoms with Crippen molar-refractivity contribution in [3.05, 3.63) is 36.4 Å². The molecule has 0 saturated heterocycles. The van der Waals surface area contributed by atoms with Gasteiger partial charge in [-0.1, -0.05) is 12.1 Å². The molecule has 0 aromatic heterocycles. The van der Waals surface area contributed by atoms with Crippen molar-refractivity contribution in [2.24, 2.45) is 11.8 Å². The number of carbonyl (C=O) groups excluding carboxylic acids is 2. The topological polar surface area (TPSA) is 91.3 Å². The first-order chi connectivity index (χ1) is 11.5. The molecule has 0 bridgehead atoms. The predicted octanol–water partition coefficient (Wildman–Crippen LogP) is 1.60. The average molecular weight is 336 g/mol. The van der Waals surface area contributed by atoms with Crippen LogP contribution in [-0.2, 0) is 19.1 Å². The van der Waals surface area contributed by atoms with Crippen molar-refractivity contribution in [3.63, 3.8) is 0 Å². The fourth-order valence-electron chi connectivity index (χ4n) is 2.54. The van der Waals surface area contributed by atoms with Gasteiger partial charge in [0.2, 0.25) is 6.79 Å². The van der Waals surface area contributed by atoms with E-state index < -0.39 is 29.9 Å². The Bertz CT molecular complexity index is 609. The smallest absolute Gasteiger partial charge is 0.320 e. The Morgan fingerprint density at radius 3 is 2.46 bits per heavy atom. The standard InChI is InChI=1S/C17H20O7/c1-4-10(7-12(16(19)21-2)17(20)22-3)15(18)11-5-6-13-14(8-11)24-9-23-13/h4-6,8,10,12,15,18H,1,7,9H2,2-3H3/t10-,15+/m1/s1. The van der Waals surface area contributed by atoms with Crippen LogP contribution in [0.25, 0.3) is 0 Å². The van der Waals surface area contributed by atoms with Crippen LogP contribution < -0.4 is 9.47 Å². The molecule has 7 nitrogen and oxygen atoms in total. The Hall–Kier alpha value is -2.54. The number of hydrogen-bond acceptors (Lipinski definition) is 7. The summed E-state index contributed by atoms with van der Waals surface area (Å²) in [6.45, 7) is 3.81. The summed E-state index contributed by atoms with van der Waals surface area (Å²) in [6, 6.07) is 5.05. The molecule has 0 saturated carbocycles. The van der Waals surface area contributed by atoms with Crippen LogP contribution in [0.5, 0.6) is 11.5 Å². The fourth-order valence-corrected chi connectivity index (χ4v) is 2.54. The van der Waals surface area contributed by atoms with Crippen molar-refractivity contribution in [3.8, 4) is 11.5 Å². The van der Waals surface area contributed by atoms with E-state index in [1.54, 1.807) is 18.2 Å². The molecular weight excluding hydrogens is 316 g/mol. The number of aliphatic hydroxyl groups is 1. The number of rotatable bonds is 7. The van der Waals surface area contributed by atoms with Gasteiger partial charge in [-0.3, -0.25) is 9.59 Å². The summed E-state index contributed by atoms with van der Waals surface area (Å²) in [5.41, 5.74) is 0.567. The number of methoxy groups -OCH3 is 2. The number of hydrogen-bond donors (Lipinski definition) is 1. The highest BCUT2D eigenvalue weighted by molar-refractivity contribution is 5.94. The van der Waals surface area contributed by atoms with Gasteiger partial charge in [0.15, 0.2) is 17.4 Å². The number of carbonyl (C=O) groups is 2. The van der Waals surface area contributed by atoms with Crippen LogP contribution in [0.3, 0.4) is 0 Å². The van der Waals surface area contributed by atoms with Gasteiger partial charge < -0.3 is 24.1 Å². The average Bonchev–Trinajstić information content (AvgIpc) is 3.08. The summed E-state index contributed by atoms with van der Waals surface area (Å²) < 4.78 is 19.8. The third-order valence-electron chi connectivity index (χ3n) is 3.93. The summed E-state index contributed by atoms with van der Waals surface area (Å²) in [7, 11) is 2.38. The molecule has 1 aliphatic heterocycles. The molecule has 24 heavy (non-hydrogen) atoms. The minimum atomic E-state index is -1.13. The molecule has 1 aliphatic rings. The molecule has 7 heteroatoms. The van der Waals surface area contributed by atoms with E-state index in [1.165, 1.54) is 20.3 Å². The lowest BCUT2D eigenvalue weighted by Gasteiger charge is -2.23. The summed E-state index contributed by atoms with van der Waals surface area (Å²) in [5.74, 6) is -1.99. The Balaban J connectivity index is 2.18. The van der Waals surface area contributed by atoms with Gasteiger partial charge >= 0.3 is 11.9 Å². The van der Waals surface area contributed by atoms with E-state index in [0.717, 1.165) is 0 Å². The molecule has 2 rings (SSSR count). The molecule has 0 aliphatic carbocycles. The first kappa shape index (κ1) is 17.8. The monoisotopic (exact) mass is 336 g/mol. The maximum Gasteiger partial charge on any atom is 0.320 e. The lowest BCUT2D eigenvalue weighted by Crippen LogP contribution is -2.29. The molecule has 1 N–H and O–H groups in total. The van der Waals surface area contributed by atoms with Gasteiger partial charge in [-0.25, -0.2) is 0 Å². The van der Waals surface area contributed by atoms with Gasteiger partial charge in [-0.05, 0) is 24.1 Å². The number of esters is 2. The lowest BCUT2D eigenvalue weighted by atomic mass is 9.87. The van der Waals surface area contributed by atoms with Gasteiger partial charge in [0.1, 0.15) is 0 Å². The third-order valence-corrected chi connectivity index (χ3v) is 3.93. The fraction of sp³-hybridized carbons (Fsp3) is 0.412. The molecule has 0 spiro atoms. The number of benzene rings is 1. The van der Waals surface area contributed by atoms with E-state index in [9.17, 15) is 14.7 Å². The van der Waals surface area contributed by atoms with Crippen LogP contribution in [0.1, 0.15) is 18.1 Å².